The summed E-state index contributed by atoms with van der Waals surface area (Å²) in [5, 5.41) is 23.1. The zero-order valence-corrected chi connectivity index (χ0v) is 16.3. The number of benzene rings is 2. The van der Waals surface area contributed by atoms with Crippen molar-refractivity contribution in [3.05, 3.63) is 60.2 Å². The maximum atomic E-state index is 12.2. The average molecular weight is 399 g/mol. The molecule has 5 N–H and O–H groups in total. The van der Waals surface area contributed by atoms with Crippen LogP contribution in [0, 0.1) is 0 Å². The molecule has 154 valence electrons. The molecule has 0 aliphatic carbocycles. The summed E-state index contributed by atoms with van der Waals surface area (Å²) in [5.41, 5.74) is 4.28. The summed E-state index contributed by atoms with van der Waals surface area (Å²) in [6.45, 7) is 2.75. The van der Waals surface area contributed by atoms with E-state index in [1.54, 1.807) is 0 Å². The second-order valence-corrected chi connectivity index (χ2v) is 6.73. The van der Waals surface area contributed by atoms with Gasteiger partial charge in [-0.1, -0.05) is 54.6 Å². The summed E-state index contributed by atoms with van der Waals surface area (Å²) >= 11 is 0. The fourth-order valence-electron chi connectivity index (χ4n) is 2.74. The zero-order valence-electron chi connectivity index (χ0n) is 16.3. The van der Waals surface area contributed by atoms with Gasteiger partial charge in [-0.25, -0.2) is 5.48 Å². The Bertz CT molecular complexity index is 837. The number of amides is 3. The Morgan fingerprint density at radius 3 is 2.00 bits per heavy atom. The summed E-state index contributed by atoms with van der Waals surface area (Å²) in [5.74, 6) is -1.97. The topological polar surface area (TPSA) is 128 Å². The number of carbonyl (C=O) groups excluding carboxylic acids is 3. The van der Waals surface area contributed by atoms with Crippen LogP contribution >= 0.6 is 0 Å². The van der Waals surface area contributed by atoms with Gasteiger partial charge in [0, 0.05) is 0 Å². The van der Waals surface area contributed by atoms with Crippen molar-refractivity contribution in [3.63, 3.8) is 0 Å². The molecule has 2 aromatic rings. The van der Waals surface area contributed by atoms with Crippen molar-refractivity contribution in [2.75, 3.05) is 0 Å². The van der Waals surface area contributed by atoms with Gasteiger partial charge in [0.1, 0.15) is 12.1 Å². The molecule has 0 fully saturated rings. The van der Waals surface area contributed by atoms with E-state index >= 15 is 0 Å². The molecular formula is C21H25N3O5. The van der Waals surface area contributed by atoms with Gasteiger partial charge in [0.2, 0.25) is 11.8 Å². The molecule has 8 nitrogen and oxygen atoms in total. The number of aliphatic hydroxyl groups excluding tert-OH is 1. The van der Waals surface area contributed by atoms with Crippen molar-refractivity contribution in [2.24, 2.45) is 0 Å². The van der Waals surface area contributed by atoms with Crippen LogP contribution in [0.1, 0.15) is 19.4 Å². The molecule has 0 bridgehead atoms. The van der Waals surface area contributed by atoms with Crippen LogP contribution in [-0.4, -0.2) is 46.2 Å². The zero-order chi connectivity index (χ0) is 21.4. The van der Waals surface area contributed by atoms with Crippen molar-refractivity contribution < 1.29 is 24.7 Å². The molecule has 0 spiro atoms. The molecule has 29 heavy (non-hydrogen) atoms. The molecule has 3 amide bonds. The van der Waals surface area contributed by atoms with Crippen LogP contribution < -0.4 is 16.1 Å². The predicted molar refractivity (Wildman–Crippen MR) is 107 cm³/mol. The minimum Gasteiger partial charge on any atom is -0.391 e. The second-order valence-electron chi connectivity index (χ2n) is 6.73. The van der Waals surface area contributed by atoms with E-state index in [1.807, 2.05) is 54.6 Å². The first-order valence-corrected chi connectivity index (χ1v) is 9.18. The maximum Gasteiger partial charge on any atom is 0.268 e. The lowest BCUT2D eigenvalue weighted by Crippen LogP contribution is -2.56. The first-order valence-electron chi connectivity index (χ1n) is 9.18. The minimum absolute atomic E-state index is 0.0870. The fraction of sp³-hybridized carbons (Fsp3) is 0.286. The lowest BCUT2D eigenvalue weighted by atomic mass is 10.0. The molecule has 0 heterocycles. The molecule has 2 aromatic carbocycles. The van der Waals surface area contributed by atoms with Gasteiger partial charge in [-0.15, -0.1) is 0 Å². The Morgan fingerprint density at radius 1 is 0.862 bits per heavy atom. The highest BCUT2D eigenvalue weighted by Gasteiger charge is 2.27. The monoisotopic (exact) mass is 399 g/mol. The van der Waals surface area contributed by atoms with Crippen molar-refractivity contribution in [3.8, 4) is 11.1 Å². The first-order chi connectivity index (χ1) is 13.8. The number of hydroxylamine groups is 1. The quantitative estimate of drug-likeness (QED) is 0.331. The van der Waals surface area contributed by atoms with Gasteiger partial charge < -0.3 is 15.7 Å². The largest absolute Gasteiger partial charge is 0.391 e. The number of rotatable bonds is 8. The van der Waals surface area contributed by atoms with Crippen LogP contribution in [0.5, 0.6) is 0 Å². The average Bonchev–Trinajstić information content (AvgIpc) is 2.72. The smallest absolute Gasteiger partial charge is 0.268 e. The molecule has 0 aliphatic heterocycles. The van der Waals surface area contributed by atoms with Crippen LogP contribution in [0.4, 0.5) is 0 Å². The molecule has 2 rings (SSSR count). The Labute approximate surface area is 168 Å². The minimum atomic E-state index is -1.34. The van der Waals surface area contributed by atoms with Crippen molar-refractivity contribution in [1.29, 1.82) is 0 Å². The number of aliphatic hydroxyl groups is 1. The van der Waals surface area contributed by atoms with E-state index in [9.17, 15) is 19.5 Å². The van der Waals surface area contributed by atoms with Crippen LogP contribution in [0.3, 0.4) is 0 Å². The van der Waals surface area contributed by atoms with Gasteiger partial charge in [-0.3, -0.25) is 19.6 Å². The van der Waals surface area contributed by atoms with Crippen molar-refractivity contribution in [1.82, 2.24) is 16.1 Å². The van der Waals surface area contributed by atoms with Crippen LogP contribution in [-0.2, 0) is 20.8 Å². The third-order valence-corrected chi connectivity index (χ3v) is 4.37. The van der Waals surface area contributed by atoms with Crippen LogP contribution in [0.15, 0.2) is 54.6 Å². The van der Waals surface area contributed by atoms with E-state index in [1.165, 1.54) is 19.3 Å². The fourth-order valence-corrected chi connectivity index (χ4v) is 2.74. The summed E-state index contributed by atoms with van der Waals surface area (Å²) < 4.78 is 0. The molecule has 3 atom stereocenters. The third kappa shape index (κ3) is 6.41. The number of carbonyl (C=O) groups is 3. The maximum absolute atomic E-state index is 12.2. The first kappa shape index (κ1) is 22.1. The van der Waals surface area contributed by atoms with Gasteiger partial charge >= 0.3 is 0 Å². The third-order valence-electron chi connectivity index (χ3n) is 4.37. The van der Waals surface area contributed by atoms with Crippen LogP contribution in [0.2, 0.25) is 0 Å². The molecule has 0 radical (unpaired) electrons. The predicted octanol–water partition coefficient (Wildman–Crippen LogP) is 0.772. The second kappa shape index (κ2) is 10.4. The van der Waals surface area contributed by atoms with E-state index in [0.717, 1.165) is 16.7 Å². The highest BCUT2D eigenvalue weighted by atomic mass is 16.5. The molecule has 0 saturated carbocycles. The van der Waals surface area contributed by atoms with Crippen molar-refractivity contribution >= 4 is 17.7 Å². The number of hydrogen-bond donors (Lipinski definition) is 5. The van der Waals surface area contributed by atoms with E-state index in [0.29, 0.717) is 0 Å². The van der Waals surface area contributed by atoms with Gasteiger partial charge in [0.05, 0.1) is 12.5 Å². The number of nitrogens with one attached hydrogen (secondary N) is 3. The van der Waals surface area contributed by atoms with E-state index in [-0.39, 0.29) is 12.3 Å². The van der Waals surface area contributed by atoms with Gasteiger partial charge in [-0.2, -0.15) is 0 Å². The molecule has 0 unspecified atom stereocenters. The van der Waals surface area contributed by atoms with Gasteiger partial charge in [-0.05, 0) is 30.5 Å². The molecule has 0 aromatic heterocycles. The SMILES string of the molecule is C[C@H](NC(=O)Cc1ccc(-c2ccccc2)cc1)C(=O)N[C@H](C(=O)NO)[C@@H](C)O. The van der Waals surface area contributed by atoms with Gasteiger partial charge in [0.25, 0.3) is 5.91 Å². The summed E-state index contributed by atoms with van der Waals surface area (Å²) in [7, 11) is 0. The molecular weight excluding hydrogens is 374 g/mol. The summed E-state index contributed by atoms with van der Waals surface area (Å²) in [6.07, 6.45) is -1.14. The van der Waals surface area contributed by atoms with E-state index in [4.69, 9.17) is 5.21 Å². The Hall–Kier alpha value is -3.23. The number of hydrogen-bond acceptors (Lipinski definition) is 5. The Kier molecular flexibility index (Phi) is 7.88. The van der Waals surface area contributed by atoms with E-state index < -0.39 is 30.0 Å². The normalized spacial score (nSPS) is 13.7. The van der Waals surface area contributed by atoms with E-state index in [2.05, 4.69) is 10.6 Å². The molecule has 8 heteroatoms. The standard InChI is InChI=1S/C21H25N3O5/c1-13(20(27)23-19(14(2)25)21(28)24-29)22-18(26)12-15-8-10-17(11-9-15)16-6-4-3-5-7-16/h3-11,13-14,19,25,29H,12H2,1-2H3,(H,22,26)(H,23,27)(H,24,28)/t13-,14+,19-/m0/s1. The van der Waals surface area contributed by atoms with Gasteiger partial charge in [0.15, 0.2) is 0 Å². The Morgan fingerprint density at radius 2 is 1.45 bits per heavy atom. The van der Waals surface area contributed by atoms with Crippen molar-refractivity contribution in [2.45, 2.75) is 38.5 Å². The van der Waals surface area contributed by atoms with Crippen LogP contribution in [0.25, 0.3) is 11.1 Å². The highest BCUT2D eigenvalue weighted by Crippen LogP contribution is 2.19. The molecule has 0 saturated heterocycles. The lowest BCUT2D eigenvalue weighted by Gasteiger charge is -2.22. The Balaban J connectivity index is 1.91. The lowest BCUT2D eigenvalue weighted by molar-refractivity contribution is -0.138. The summed E-state index contributed by atoms with van der Waals surface area (Å²) in [6, 6.07) is 15.1. The highest BCUT2D eigenvalue weighted by molar-refractivity contribution is 5.92. The molecule has 0 aliphatic rings. The summed E-state index contributed by atoms with van der Waals surface area (Å²) in [4.78, 5) is 35.9.